The SMILES string of the molecule is CC(=O)C=C(C)O.CC(=O)C=C(C)O.CC(=O)O.CC(=S)[S-].CCC[CH2][Sn]([CH2]CCC)([O]C(C)=CC(C)=O)[O]C(C)=CC(C)=O.O.[Cu].[Zn]. The van der Waals surface area contributed by atoms with E-state index in [1.807, 2.05) is 13.8 Å². The van der Waals surface area contributed by atoms with Crippen molar-refractivity contribution in [3.63, 3.8) is 0 Å². The van der Waals surface area contributed by atoms with Gasteiger partial charge < -0.3 is 45.6 Å². The van der Waals surface area contributed by atoms with Crippen molar-refractivity contribution in [1.29, 1.82) is 0 Å². The van der Waals surface area contributed by atoms with Crippen LogP contribution >= 0.6 is 12.2 Å². The fraction of sp³-hybridized carbons (Fsp3) is 0.562. The number of aliphatic carboxylic acids is 1. The maximum atomic E-state index is 11.3. The number of thiocarbonyl (C=S) groups is 1. The molecule has 0 saturated carbocycles. The van der Waals surface area contributed by atoms with Gasteiger partial charge in [0, 0.05) is 55.6 Å². The summed E-state index contributed by atoms with van der Waals surface area (Å²) in [5.41, 5.74) is 0. The van der Waals surface area contributed by atoms with Crippen molar-refractivity contribution in [3.8, 4) is 0 Å². The zero-order valence-corrected chi connectivity index (χ0v) is 39.0. The smallest absolute Gasteiger partial charge is 0 e. The van der Waals surface area contributed by atoms with Crippen LogP contribution in [0, 0.1) is 0 Å². The van der Waals surface area contributed by atoms with Gasteiger partial charge in [0.2, 0.25) is 0 Å². The summed E-state index contributed by atoms with van der Waals surface area (Å²) in [7, 11) is 0. The first kappa shape index (κ1) is 65.0. The van der Waals surface area contributed by atoms with Crippen LogP contribution in [0.4, 0.5) is 0 Å². The molecule has 0 aromatic carbocycles. The standard InChI is InChI=1S/4C5H8O2.2C4H9.C2H4O2.C2H4S2.Cu.H2O.Sn.Zn/c4*1-4(6)3-5(2)7;2*1-3-4-2;2*1-2(3)4;;;;/h4*3,6H,1-2H3;2*1,3-4H2,2H3;2*1H3,(H,3,4);;1H2;;/q;;;;;;;;;;+2;/p-3. The summed E-state index contributed by atoms with van der Waals surface area (Å²) >= 11 is 5.29. The summed E-state index contributed by atoms with van der Waals surface area (Å²) in [5.74, 6) is 0.265. The molecule has 0 aromatic heterocycles. The molecular formula is C32H57CuO11S2SnZn-. The van der Waals surface area contributed by atoms with Gasteiger partial charge in [-0.05, 0) is 27.7 Å². The van der Waals surface area contributed by atoms with Crippen LogP contribution in [0.5, 0.6) is 0 Å². The van der Waals surface area contributed by atoms with Crippen LogP contribution in [0.3, 0.4) is 0 Å². The molecule has 0 amide bonds. The van der Waals surface area contributed by atoms with Crippen LogP contribution in [0.15, 0.2) is 47.3 Å². The van der Waals surface area contributed by atoms with Crippen LogP contribution in [0.2, 0.25) is 8.87 Å². The van der Waals surface area contributed by atoms with Crippen molar-refractivity contribution in [2.24, 2.45) is 0 Å². The third kappa shape index (κ3) is 70.8. The van der Waals surface area contributed by atoms with Crippen LogP contribution in [0.25, 0.3) is 0 Å². The molecular weight excluding hydrogens is 872 g/mol. The minimum absolute atomic E-state index is 0. The minimum atomic E-state index is -3.42. The molecule has 0 bridgehead atoms. The van der Waals surface area contributed by atoms with E-state index < -0.39 is 25.2 Å². The summed E-state index contributed by atoms with van der Waals surface area (Å²) < 4.78 is 15.0. The van der Waals surface area contributed by atoms with Gasteiger partial charge in [-0.3, -0.25) is 14.4 Å². The molecule has 0 aromatic rings. The molecule has 0 saturated heterocycles. The van der Waals surface area contributed by atoms with Gasteiger partial charge in [-0.25, -0.2) is 0 Å². The quantitative estimate of drug-likeness (QED) is 0.0519. The summed E-state index contributed by atoms with van der Waals surface area (Å²) in [6, 6.07) is 0. The predicted molar refractivity (Wildman–Crippen MR) is 193 cm³/mol. The Morgan fingerprint density at radius 1 is 0.625 bits per heavy atom. The molecule has 0 atom stereocenters. The number of aliphatic hydroxyl groups is 2. The number of carbonyl (C=O) groups excluding carboxylic acids is 4. The Hall–Kier alpha value is -1.48. The number of hydrogen-bond donors (Lipinski definition) is 3. The molecule has 0 rings (SSSR count). The Morgan fingerprint density at radius 3 is 0.958 bits per heavy atom. The van der Waals surface area contributed by atoms with Crippen LogP contribution in [-0.2, 0) is 79.3 Å². The molecule has 48 heavy (non-hydrogen) atoms. The van der Waals surface area contributed by atoms with E-state index in [9.17, 15) is 19.2 Å². The van der Waals surface area contributed by atoms with Crippen molar-refractivity contribution in [1.82, 2.24) is 0 Å². The number of allylic oxidation sites excluding steroid dienone is 8. The number of aliphatic hydroxyl groups excluding tert-OH is 2. The first-order chi connectivity index (χ1) is 20.5. The van der Waals surface area contributed by atoms with Gasteiger partial charge in [0.15, 0.2) is 11.6 Å². The maximum Gasteiger partial charge on any atom is 0 e. The molecule has 1 radical (unpaired) electrons. The van der Waals surface area contributed by atoms with E-state index in [0.29, 0.717) is 15.7 Å². The first-order valence-corrected chi connectivity index (χ1v) is 21.5. The van der Waals surface area contributed by atoms with E-state index in [2.05, 4.69) is 38.7 Å². The van der Waals surface area contributed by atoms with E-state index in [4.69, 9.17) is 26.3 Å². The predicted octanol–water partition coefficient (Wildman–Crippen LogP) is 7.26. The van der Waals surface area contributed by atoms with Gasteiger partial charge in [-0.1, -0.05) is 6.92 Å². The zero-order chi connectivity index (χ0) is 36.8. The number of carbonyl (C=O) groups is 5. The maximum absolute atomic E-state index is 11.3. The molecule has 0 aliphatic carbocycles. The Morgan fingerprint density at radius 2 is 0.833 bits per heavy atom. The normalized spacial score (nSPS) is 10.6. The second kappa shape index (κ2) is 41.7. The van der Waals surface area contributed by atoms with Crippen molar-refractivity contribution in [2.45, 2.75) is 118 Å². The molecule has 16 heteroatoms. The fourth-order valence-electron chi connectivity index (χ4n) is 3.05. The molecule has 0 fully saturated rings. The molecule has 281 valence electrons. The monoisotopic (exact) mass is 928 g/mol. The van der Waals surface area contributed by atoms with Crippen molar-refractivity contribution < 1.29 is 87.5 Å². The van der Waals surface area contributed by atoms with Gasteiger partial charge in [0.25, 0.3) is 5.97 Å². The van der Waals surface area contributed by atoms with E-state index in [-0.39, 0.29) is 76.7 Å². The number of ketones is 4. The van der Waals surface area contributed by atoms with Gasteiger partial charge >= 0.3 is 146 Å². The second-order valence-electron chi connectivity index (χ2n) is 9.86. The summed E-state index contributed by atoms with van der Waals surface area (Å²) in [4.78, 5) is 51.6. The summed E-state index contributed by atoms with van der Waals surface area (Å²) in [6.07, 6.45) is 9.61. The third-order valence-corrected chi connectivity index (χ3v) is 14.5. The Labute approximate surface area is 327 Å². The summed E-state index contributed by atoms with van der Waals surface area (Å²) in [5, 5.41) is 24.1. The largest absolute Gasteiger partial charge is 0.412 e. The average molecular weight is 930 g/mol. The number of rotatable bonds is 14. The molecule has 0 aliphatic rings. The van der Waals surface area contributed by atoms with Gasteiger partial charge in [0.05, 0.1) is 11.5 Å². The average Bonchev–Trinajstić information content (AvgIpc) is 2.78. The number of unbranched alkanes of at least 4 members (excludes halogenated alkanes) is 2. The molecule has 11 nitrogen and oxygen atoms in total. The Kier molecular flexibility index (Phi) is 56.4. The Bertz CT molecular complexity index is 963. The zero-order valence-electron chi connectivity index (χ0n) is 30.6. The molecule has 0 unspecified atom stereocenters. The second-order valence-corrected chi connectivity index (χ2v) is 20.6. The number of carboxylic acids is 1. The van der Waals surface area contributed by atoms with E-state index in [1.54, 1.807) is 6.92 Å². The fourth-order valence-corrected chi connectivity index (χ4v) is 13.8. The molecule has 0 heterocycles. The van der Waals surface area contributed by atoms with Gasteiger partial charge in [-0.2, -0.15) is 4.20 Å². The molecule has 5 N–H and O–H groups in total. The third-order valence-electron chi connectivity index (χ3n) is 4.15. The summed E-state index contributed by atoms with van der Waals surface area (Å²) in [6.45, 7) is 19.5. The van der Waals surface area contributed by atoms with Crippen molar-refractivity contribution in [3.05, 3.63) is 47.3 Å². The number of hydrogen-bond acceptors (Lipinski definition) is 11. The van der Waals surface area contributed by atoms with Crippen LogP contribution < -0.4 is 0 Å². The molecule has 0 spiro atoms. The first-order valence-electron chi connectivity index (χ1n) is 14.3. The topological polar surface area (TPSA) is 196 Å². The van der Waals surface area contributed by atoms with Gasteiger partial charge in [-0.15, -0.1) is 0 Å². The van der Waals surface area contributed by atoms with Crippen molar-refractivity contribution in [2.75, 3.05) is 0 Å². The minimum Gasteiger partial charge on any atom is -0.412 e. The number of carboxylic acid groups (broad SMARTS) is 1. The molecule has 0 aliphatic heterocycles. The van der Waals surface area contributed by atoms with Crippen LogP contribution in [0.1, 0.15) is 109 Å². The van der Waals surface area contributed by atoms with Crippen LogP contribution in [-0.4, -0.2) is 73.3 Å². The van der Waals surface area contributed by atoms with E-state index >= 15 is 0 Å². The van der Waals surface area contributed by atoms with Gasteiger partial charge in [0.1, 0.15) is 0 Å². The van der Waals surface area contributed by atoms with Crippen molar-refractivity contribution >= 4 is 77.4 Å². The van der Waals surface area contributed by atoms with E-state index in [0.717, 1.165) is 41.5 Å². The van der Waals surface area contributed by atoms with E-state index in [1.165, 1.54) is 65.8 Å². The Balaban J connectivity index is -0.0000000873.